The third-order valence-corrected chi connectivity index (χ3v) is 2.44. The Balaban J connectivity index is 1.88. The highest BCUT2D eigenvalue weighted by Crippen LogP contribution is 2.09. The number of anilines is 1. The predicted molar refractivity (Wildman–Crippen MR) is 65.5 cm³/mol. The zero-order valence-electron chi connectivity index (χ0n) is 9.31. The molecule has 0 unspecified atom stereocenters. The number of carbonyl (C=O) groups is 1. The van der Waals surface area contributed by atoms with Gasteiger partial charge in [-0.25, -0.2) is 0 Å². The Bertz CT molecular complexity index is 493. The first kappa shape index (κ1) is 11.2. The van der Waals surface area contributed by atoms with Crippen LogP contribution in [0.1, 0.15) is 16.1 Å². The van der Waals surface area contributed by atoms with E-state index >= 15 is 0 Å². The summed E-state index contributed by atoms with van der Waals surface area (Å²) in [6.45, 7) is 0.551. The van der Waals surface area contributed by atoms with Crippen molar-refractivity contribution in [2.75, 3.05) is 12.3 Å². The van der Waals surface area contributed by atoms with Crippen LogP contribution < -0.4 is 11.1 Å². The molecule has 88 valence electrons. The fourth-order valence-electron chi connectivity index (χ4n) is 1.53. The number of benzene rings is 1. The van der Waals surface area contributed by atoms with Crippen LogP contribution in [0.4, 0.5) is 5.69 Å². The van der Waals surface area contributed by atoms with E-state index in [1.54, 1.807) is 30.5 Å². The second kappa shape index (κ2) is 5.16. The van der Waals surface area contributed by atoms with Crippen LogP contribution in [0.25, 0.3) is 0 Å². The molecule has 1 aromatic heterocycles. The first-order chi connectivity index (χ1) is 8.27. The maximum atomic E-state index is 11.8. The summed E-state index contributed by atoms with van der Waals surface area (Å²) in [6.07, 6.45) is 2.41. The molecule has 2 aromatic rings. The Kier molecular flexibility index (Phi) is 3.40. The normalized spacial score (nSPS) is 10.1. The molecule has 1 aromatic carbocycles. The van der Waals surface area contributed by atoms with Gasteiger partial charge in [-0.2, -0.15) is 5.10 Å². The quantitative estimate of drug-likeness (QED) is 0.684. The summed E-state index contributed by atoms with van der Waals surface area (Å²) in [5, 5.41) is 9.48. The topological polar surface area (TPSA) is 83.8 Å². The van der Waals surface area contributed by atoms with E-state index in [1.165, 1.54) is 0 Å². The van der Waals surface area contributed by atoms with Crippen molar-refractivity contribution in [1.82, 2.24) is 15.5 Å². The Morgan fingerprint density at radius 1 is 1.35 bits per heavy atom. The van der Waals surface area contributed by atoms with Crippen molar-refractivity contribution in [3.05, 3.63) is 47.8 Å². The highest BCUT2D eigenvalue weighted by Gasteiger charge is 2.07. The van der Waals surface area contributed by atoms with Gasteiger partial charge in [0.1, 0.15) is 0 Å². The van der Waals surface area contributed by atoms with Crippen LogP contribution in [0.3, 0.4) is 0 Å². The lowest BCUT2D eigenvalue weighted by molar-refractivity contribution is 0.0955. The predicted octanol–water partition coefficient (Wildman–Crippen LogP) is 0.964. The highest BCUT2D eigenvalue weighted by molar-refractivity contribution is 5.99. The van der Waals surface area contributed by atoms with E-state index in [2.05, 4.69) is 15.5 Å². The number of amides is 1. The largest absolute Gasteiger partial charge is 0.398 e. The summed E-state index contributed by atoms with van der Waals surface area (Å²) in [7, 11) is 0. The summed E-state index contributed by atoms with van der Waals surface area (Å²) in [5.74, 6) is -0.150. The molecule has 1 heterocycles. The number of hydrogen-bond donors (Lipinski definition) is 3. The fourth-order valence-corrected chi connectivity index (χ4v) is 1.53. The number of nitrogens with two attached hydrogens (primary N) is 1. The molecule has 17 heavy (non-hydrogen) atoms. The van der Waals surface area contributed by atoms with Crippen LogP contribution in [0.15, 0.2) is 36.5 Å². The third kappa shape index (κ3) is 2.84. The summed E-state index contributed by atoms with van der Waals surface area (Å²) in [6, 6.07) is 8.89. The SMILES string of the molecule is Nc1ccccc1C(=O)NCCc1ccn[nH]1. The Hall–Kier alpha value is -2.30. The van der Waals surface area contributed by atoms with Gasteiger partial charge in [0.2, 0.25) is 0 Å². The number of aromatic amines is 1. The first-order valence-electron chi connectivity index (χ1n) is 5.38. The summed E-state index contributed by atoms with van der Waals surface area (Å²) < 4.78 is 0. The Morgan fingerprint density at radius 3 is 2.88 bits per heavy atom. The fraction of sp³-hybridized carbons (Fsp3) is 0.167. The van der Waals surface area contributed by atoms with E-state index in [0.717, 1.165) is 12.1 Å². The average molecular weight is 230 g/mol. The lowest BCUT2D eigenvalue weighted by atomic mass is 10.1. The van der Waals surface area contributed by atoms with Gasteiger partial charge >= 0.3 is 0 Å². The molecule has 5 nitrogen and oxygen atoms in total. The first-order valence-corrected chi connectivity index (χ1v) is 5.38. The van der Waals surface area contributed by atoms with Crippen LogP contribution in [-0.4, -0.2) is 22.6 Å². The van der Waals surface area contributed by atoms with E-state index in [9.17, 15) is 4.79 Å². The van der Waals surface area contributed by atoms with E-state index in [-0.39, 0.29) is 5.91 Å². The number of nitrogens with zero attached hydrogens (tertiary/aromatic N) is 1. The smallest absolute Gasteiger partial charge is 0.253 e. The molecule has 0 atom stereocenters. The van der Waals surface area contributed by atoms with Crippen LogP contribution >= 0.6 is 0 Å². The summed E-state index contributed by atoms with van der Waals surface area (Å²) in [4.78, 5) is 11.8. The van der Waals surface area contributed by atoms with Crippen molar-refractivity contribution < 1.29 is 4.79 Å². The van der Waals surface area contributed by atoms with Gasteiger partial charge in [0.05, 0.1) is 5.56 Å². The molecule has 0 aliphatic rings. The zero-order chi connectivity index (χ0) is 12.1. The van der Waals surface area contributed by atoms with Gasteiger partial charge in [0.15, 0.2) is 0 Å². The van der Waals surface area contributed by atoms with Crippen molar-refractivity contribution in [2.45, 2.75) is 6.42 Å². The molecule has 0 bridgehead atoms. The lowest BCUT2D eigenvalue weighted by Gasteiger charge is -2.06. The maximum Gasteiger partial charge on any atom is 0.253 e. The van der Waals surface area contributed by atoms with E-state index < -0.39 is 0 Å². The second-order valence-corrected chi connectivity index (χ2v) is 3.68. The molecule has 2 rings (SSSR count). The Morgan fingerprint density at radius 2 is 2.18 bits per heavy atom. The standard InChI is InChI=1S/C12H14N4O/c13-11-4-2-1-3-10(11)12(17)14-7-5-9-6-8-15-16-9/h1-4,6,8H,5,7,13H2,(H,14,17)(H,15,16). The van der Waals surface area contributed by atoms with Gasteiger partial charge < -0.3 is 11.1 Å². The van der Waals surface area contributed by atoms with Gasteiger partial charge in [-0.1, -0.05) is 12.1 Å². The lowest BCUT2D eigenvalue weighted by Crippen LogP contribution is -2.26. The van der Waals surface area contributed by atoms with E-state index in [4.69, 9.17) is 5.73 Å². The molecule has 0 saturated carbocycles. The van der Waals surface area contributed by atoms with Crippen molar-refractivity contribution in [3.8, 4) is 0 Å². The number of carbonyl (C=O) groups excluding carboxylic acids is 1. The number of aromatic nitrogens is 2. The van der Waals surface area contributed by atoms with Crippen LogP contribution in [-0.2, 0) is 6.42 Å². The number of H-pyrrole nitrogens is 1. The molecule has 0 aliphatic heterocycles. The van der Waals surface area contributed by atoms with Gasteiger partial charge in [-0.05, 0) is 18.2 Å². The highest BCUT2D eigenvalue weighted by atomic mass is 16.1. The molecule has 0 radical (unpaired) electrons. The Labute approximate surface area is 99.0 Å². The number of nitrogen functional groups attached to an aromatic ring is 1. The number of para-hydroxylation sites is 1. The zero-order valence-corrected chi connectivity index (χ0v) is 9.31. The van der Waals surface area contributed by atoms with Crippen molar-refractivity contribution in [3.63, 3.8) is 0 Å². The van der Waals surface area contributed by atoms with Crippen LogP contribution in [0.5, 0.6) is 0 Å². The van der Waals surface area contributed by atoms with E-state index in [0.29, 0.717) is 17.8 Å². The van der Waals surface area contributed by atoms with Crippen LogP contribution in [0.2, 0.25) is 0 Å². The molecular formula is C12H14N4O. The maximum absolute atomic E-state index is 11.8. The minimum absolute atomic E-state index is 0.150. The van der Waals surface area contributed by atoms with Gasteiger partial charge in [0, 0.05) is 30.5 Å². The summed E-state index contributed by atoms with van der Waals surface area (Å²) >= 11 is 0. The second-order valence-electron chi connectivity index (χ2n) is 3.68. The number of nitrogens with one attached hydrogen (secondary N) is 2. The molecule has 1 amide bonds. The van der Waals surface area contributed by atoms with Gasteiger partial charge in [-0.3, -0.25) is 9.89 Å². The molecule has 0 aliphatic carbocycles. The molecular weight excluding hydrogens is 216 g/mol. The average Bonchev–Trinajstić information content (AvgIpc) is 2.82. The third-order valence-electron chi connectivity index (χ3n) is 2.44. The molecule has 5 heteroatoms. The monoisotopic (exact) mass is 230 g/mol. The summed E-state index contributed by atoms with van der Waals surface area (Å²) in [5.41, 5.74) is 7.71. The van der Waals surface area contributed by atoms with Gasteiger partial charge in [0.25, 0.3) is 5.91 Å². The van der Waals surface area contributed by atoms with Crippen LogP contribution in [0, 0.1) is 0 Å². The minimum Gasteiger partial charge on any atom is -0.398 e. The number of hydrogen-bond acceptors (Lipinski definition) is 3. The van der Waals surface area contributed by atoms with E-state index in [1.807, 2.05) is 6.07 Å². The van der Waals surface area contributed by atoms with Crippen molar-refractivity contribution >= 4 is 11.6 Å². The molecule has 0 spiro atoms. The molecule has 4 N–H and O–H groups in total. The molecule has 0 fully saturated rings. The van der Waals surface area contributed by atoms with Crippen molar-refractivity contribution in [2.24, 2.45) is 0 Å². The van der Waals surface area contributed by atoms with Gasteiger partial charge in [-0.15, -0.1) is 0 Å². The van der Waals surface area contributed by atoms with Crippen molar-refractivity contribution in [1.29, 1.82) is 0 Å². The number of rotatable bonds is 4. The molecule has 0 saturated heterocycles. The minimum atomic E-state index is -0.150.